The number of aliphatic hydroxyl groups excluding tert-OH is 1. The van der Waals surface area contributed by atoms with Gasteiger partial charge in [0.05, 0.1) is 6.61 Å². The molecule has 12 nitrogen and oxygen atoms in total. The fourth-order valence-corrected chi connectivity index (χ4v) is 3.12. The number of carbonyl (C=O) groups excluding carboxylic acids is 3. The molecule has 192 valence electrons. The van der Waals surface area contributed by atoms with Crippen molar-refractivity contribution in [3.63, 3.8) is 0 Å². The maximum Gasteiger partial charge on any atom is 0.326 e. The molecule has 0 heterocycles. The number of aliphatic hydroxyl groups is 1. The van der Waals surface area contributed by atoms with Gasteiger partial charge in [-0.25, -0.2) is 4.79 Å². The largest absolute Gasteiger partial charge is 0.480 e. The number of hydrogen-bond donors (Lipinski definition) is 8. The van der Waals surface area contributed by atoms with Crippen LogP contribution in [0.2, 0.25) is 0 Å². The monoisotopic (exact) mass is 474 g/mol. The normalized spacial score (nSPS) is 14.8. The standard InChI is InChI=1S/C21H42N6O6/c1-13(2)11-17(20(31)26-16(21(32)33)8-4-6-10-23)27-19(30)15(7-3-5-9-22)25-18(29)14(24)12-28/h13-17,28H,3-12,22-24H2,1-2H3,(H,25,29)(H,26,31)(H,27,30)(H,32,33)/t14-,15-,16-,17-/m0/s1. The molecule has 0 aromatic heterocycles. The molecule has 0 aliphatic heterocycles. The van der Waals surface area contributed by atoms with Gasteiger partial charge in [0.25, 0.3) is 0 Å². The molecule has 11 N–H and O–H groups in total. The Balaban J connectivity index is 5.39. The van der Waals surface area contributed by atoms with Crippen LogP contribution in [0.4, 0.5) is 0 Å². The van der Waals surface area contributed by atoms with Crippen molar-refractivity contribution in [1.82, 2.24) is 16.0 Å². The van der Waals surface area contributed by atoms with Gasteiger partial charge < -0.3 is 43.4 Å². The van der Waals surface area contributed by atoms with E-state index < -0.39 is 54.5 Å². The summed E-state index contributed by atoms with van der Waals surface area (Å²) in [4.78, 5) is 49.4. The first-order valence-corrected chi connectivity index (χ1v) is 11.5. The zero-order valence-electron chi connectivity index (χ0n) is 19.7. The maximum atomic E-state index is 12.9. The summed E-state index contributed by atoms with van der Waals surface area (Å²) in [5, 5.41) is 26.1. The van der Waals surface area contributed by atoms with Gasteiger partial charge in [-0.15, -0.1) is 0 Å². The molecule has 0 saturated carbocycles. The summed E-state index contributed by atoms with van der Waals surface area (Å²) in [6.07, 6.45) is 3.10. The SMILES string of the molecule is CC(C)C[C@H](NC(=O)[C@H](CCCCN)NC(=O)[C@@H](N)CO)C(=O)N[C@@H](CCCCN)C(=O)O. The molecule has 0 unspecified atom stereocenters. The second-order valence-corrected chi connectivity index (χ2v) is 8.51. The van der Waals surface area contributed by atoms with Crippen molar-refractivity contribution in [3.8, 4) is 0 Å². The van der Waals surface area contributed by atoms with E-state index in [1.807, 2.05) is 13.8 Å². The molecule has 4 atom stereocenters. The molecular weight excluding hydrogens is 432 g/mol. The van der Waals surface area contributed by atoms with Gasteiger partial charge in [0.1, 0.15) is 24.2 Å². The predicted octanol–water partition coefficient (Wildman–Crippen LogP) is -1.85. The highest BCUT2D eigenvalue weighted by Crippen LogP contribution is 2.09. The highest BCUT2D eigenvalue weighted by Gasteiger charge is 2.30. The number of carboxylic acids is 1. The molecule has 0 fully saturated rings. The van der Waals surface area contributed by atoms with Crippen LogP contribution in [-0.4, -0.2) is 77.8 Å². The van der Waals surface area contributed by atoms with Crippen molar-refractivity contribution in [2.45, 2.75) is 83.0 Å². The third-order valence-corrected chi connectivity index (χ3v) is 5.01. The molecule has 33 heavy (non-hydrogen) atoms. The molecule has 3 amide bonds. The first kappa shape index (κ1) is 30.7. The Hall–Kier alpha value is -2.28. The van der Waals surface area contributed by atoms with Crippen LogP contribution in [0.5, 0.6) is 0 Å². The van der Waals surface area contributed by atoms with Crippen LogP contribution in [0.25, 0.3) is 0 Å². The Morgan fingerprint density at radius 3 is 1.67 bits per heavy atom. The Labute approximate surface area is 195 Å². The van der Waals surface area contributed by atoms with Crippen molar-refractivity contribution in [3.05, 3.63) is 0 Å². The molecule has 0 spiro atoms. The summed E-state index contributed by atoms with van der Waals surface area (Å²) < 4.78 is 0. The lowest BCUT2D eigenvalue weighted by molar-refractivity contribution is -0.142. The summed E-state index contributed by atoms with van der Waals surface area (Å²) in [6, 6.07) is -4.26. The van der Waals surface area contributed by atoms with Gasteiger partial charge >= 0.3 is 5.97 Å². The van der Waals surface area contributed by atoms with Gasteiger partial charge in [-0.3, -0.25) is 14.4 Å². The molecular formula is C21H42N6O6. The van der Waals surface area contributed by atoms with Crippen LogP contribution in [-0.2, 0) is 19.2 Å². The van der Waals surface area contributed by atoms with Gasteiger partial charge in [-0.1, -0.05) is 13.8 Å². The van der Waals surface area contributed by atoms with Gasteiger partial charge in [0.2, 0.25) is 17.7 Å². The highest BCUT2D eigenvalue weighted by molar-refractivity contribution is 5.94. The van der Waals surface area contributed by atoms with Gasteiger partial charge in [0.15, 0.2) is 0 Å². The fourth-order valence-electron chi connectivity index (χ4n) is 3.12. The van der Waals surface area contributed by atoms with E-state index in [0.717, 1.165) is 0 Å². The van der Waals surface area contributed by atoms with Gasteiger partial charge in [0, 0.05) is 0 Å². The Bertz CT molecular complexity index is 618. The first-order chi connectivity index (χ1) is 15.6. The summed E-state index contributed by atoms with van der Waals surface area (Å²) >= 11 is 0. The van der Waals surface area contributed by atoms with E-state index >= 15 is 0 Å². The fraction of sp³-hybridized carbons (Fsp3) is 0.810. The number of amides is 3. The summed E-state index contributed by atoms with van der Waals surface area (Å²) in [7, 11) is 0. The Morgan fingerprint density at radius 2 is 1.21 bits per heavy atom. The molecule has 0 rings (SSSR count). The molecule has 0 aliphatic carbocycles. The van der Waals surface area contributed by atoms with Gasteiger partial charge in [-0.05, 0) is 64.0 Å². The van der Waals surface area contributed by atoms with Crippen molar-refractivity contribution in [1.29, 1.82) is 0 Å². The molecule has 0 radical (unpaired) electrons. The zero-order valence-corrected chi connectivity index (χ0v) is 19.7. The number of aliphatic carboxylic acids is 1. The van der Waals surface area contributed by atoms with E-state index in [-0.39, 0.29) is 25.2 Å². The van der Waals surface area contributed by atoms with E-state index in [9.17, 15) is 24.3 Å². The zero-order chi connectivity index (χ0) is 25.4. The minimum atomic E-state index is -1.19. The van der Waals surface area contributed by atoms with E-state index in [0.29, 0.717) is 38.8 Å². The molecule has 0 saturated heterocycles. The number of nitrogens with two attached hydrogens (primary N) is 3. The van der Waals surface area contributed by atoms with Crippen molar-refractivity contribution in [2.75, 3.05) is 19.7 Å². The Kier molecular flexibility index (Phi) is 16.0. The molecule has 0 bridgehead atoms. The minimum absolute atomic E-state index is 0.0228. The van der Waals surface area contributed by atoms with E-state index in [1.165, 1.54) is 0 Å². The third-order valence-electron chi connectivity index (χ3n) is 5.01. The lowest BCUT2D eigenvalue weighted by Crippen LogP contribution is -2.57. The smallest absolute Gasteiger partial charge is 0.326 e. The number of unbranched alkanes of at least 4 members (excludes halogenated alkanes) is 2. The average molecular weight is 475 g/mol. The van der Waals surface area contributed by atoms with Crippen LogP contribution in [0, 0.1) is 5.92 Å². The Morgan fingerprint density at radius 1 is 0.758 bits per heavy atom. The van der Waals surface area contributed by atoms with E-state index in [2.05, 4.69) is 16.0 Å². The van der Waals surface area contributed by atoms with Gasteiger partial charge in [-0.2, -0.15) is 0 Å². The number of rotatable bonds is 18. The van der Waals surface area contributed by atoms with E-state index in [1.54, 1.807) is 0 Å². The van der Waals surface area contributed by atoms with Crippen LogP contribution in [0.3, 0.4) is 0 Å². The molecule has 12 heteroatoms. The first-order valence-electron chi connectivity index (χ1n) is 11.5. The predicted molar refractivity (Wildman–Crippen MR) is 124 cm³/mol. The van der Waals surface area contributed by atoms with Crippen LogP contribution in [0.15, 0.2) is 0 Å². The number of hydrogen-bond acceptors (Lipinski definition) is 8. The van der Waals surface area contributed by atoms with Crippen LogP contribution < -0.4 is 33.2 Å². The lowest BCUT2D eigenvalue weighted by atomic mass is 10.0. The molecule has 0 aliphatic rings. The summed E-state index contributed by atoms with van der Waals surface area (Å²) in [6.45, 7) is 3.98. The second-order valence-electron chi connectivity index (χ2n) is 8.51. The maximum absolute atomic E-state index is 12.9. The molecule has 0 aromatic carbocycles. The quantitative estimate of drug-likeness (QED) is 0.104. The lowest BCUT2D eigenvalue weighted by Gasteiger charge is -2.26. The minimum Gasteiger partial charge on any atom is -0.480 e. The highest BCUT2D eigenvalue weighted by atomic mass is 16.4. The van der Waals surface area contributed by atoms with Crippen molar-refractivity contribution >= 4 is 23.7 Å². The number of nitrogens with one attached hydrogen (secondary N) is 3. The average Bonchev–Trinajstić information content (AvgIpc) is 2.76. The third kappa shape index (κ3) is 13.1. The number of carbonyl (C=O) groups is 4. The van der Waals surface area contributed by atoms with E-state index in [4.69, 9.17) is 22.3 Å². The summed E-state index contributed by atoms with van der Waals surface area (Å²) in [5.74, 6) is -3.05. The van der Waals surface area contributed by atoms with Crippen LogP contribution >= 0.6 is 0 Å². The van der Waals surface area contributed by atoms with Crippen molar-refractivity contribution in [2.24, 2.45) is 23.1 Å². The van der Waals surface area contributed by atoms with Crippen molar-refractivity contribution < 1.29 is 29.4 Å². The number of carboxylic acid groups (broad SMARTS) is 1. The second kappa shape index (κ2) is 17.2. The van der Waals surface area contributed by atoms with Crippen LogP contribution in [0.1, 0.15) is 58.8 Å². The summed E-state index contributed by atoms with van der Waals surface area (Å²) in [5.41, 5.74) is 16.5. The topological polar surface area (TPSA) is 223 Å². The molecule has 0 aromatic rings.